The Balaban J connectivity index is 2.01. The maximum Gasteiger partial charge on any atom is 0.264 e. The summed E-state index contributed by atoms with van der Waals surface area (Å²) >= 11 is 0. The number of rotatable bonds is 1. The first-order chi connectivity index (χ1) is 13.6. The zero-order chi connectivity index (χ0) is 19.0. The zero-order valence-electron chi connectivity index (χ0n) is 15.1. The average molecular weight is 362 g/mol. The normalized spacial score (nSPS) is 12.0. The smallest absolute Gasteiger partial charge is 0.264 e. The summed E-state index contributed by atoms with van der Waals surface area (Å²) in [5, 5.41) is 5.13. The fraction of sp³-hybridized carbons (Fsp3) is 0.0417. The third-order valence-corrected chi connectivity index (χ3v) is 5.63. The second-order valence-electron chi connectivity index (χ2n) is 7.17. The highest BCUT2D eigenvalue weighted by Gasteiger charge is 2.18. The quantitative estimate of drug-likeness (QED) is 0.236. The average Bonchev–Trinajstić information content (AvgIpc) is 2.71. The standard InChI is InChI=1S/C24H14N2O2/c1-13(27)15-11-12-18-22-16(15)7-4-8-17(22)23-25-19-9-2-5-14-6-3-10-20(21(14)19)26(23)24(18)28/h2-12H,1H3. The Hall–Kier alpha value is -3.79. The second-order valence-corrected chi connectivity index (χ2v) is 7.17. The van der Waals surface area contributed by atoms with Gasteiger partial charge in [-0.3, -0.25) is 14.0 Å². The minimum absolute atomic E-state index is 0.0146. The van der Waals surface area contributed by atoms with Crippen LogP contribution in [0.4, 0.5) is 0 Å². The summed E-state index contributed by atoms with van der Waals surface area (Å²) in [5.74, 6) is -0.0146. The van der Waals surface area contributed by atoms with E-state index in [0.29, 0.717) is 16.6 Å². The molecule has 0 aliphatic rings. The molecular weight excluding hydrogens is 348 g/mol. The van der Waals surface area contributed by atoms with Gasteiger partial charge in [0, 0.05) is 27.1 Å². The van der Waals surface area contributed by atoms with E-state index in [-0.39, 0.29) is 11.3 Å². The van der Waals surface area contributed by atoms with Crippen molar-refractivity contribution >= 4 is 54.8 Å². The molecule has 6 rings (SSSR count). The molecule has 2 heterocycles. The molecule has 0 bridgehead atoms. The molecule has 0 atom stereocenters. The van der Waals surface area contributed by atoms with Crippen LogP contribution >= 0.6 is 0 Å². The highest BCUT2D eigenvalue weighted by Crippen LogP contribution is 2.33. The van der Waals surface area contributed by atoms with Gasteiger partial charge in [-0.2, -0.15) is 0 Å². The summed E-state index contributed by atoms with van der Waals surface area (Å²) in [5.41, 5.74) is 2.84. The fourth-order valence-corrected chi connectivity index (χ4v) is 4.44. The number of carbonyl (C=O) groups is 1. The number of hydrogen-bond acceptors (Lipinski definition) is 3. The Morgan fingerprint density at radius 3 is 2.39 bits per heavy atom. The predicted octanol–water partition coefficient (Wildman–Crippen LogP) is 4.95. The number of benzene rings is 4. The van der Waals surface area contributed by atoms with Gasteiger partial charge >= 0.3 is 0 Å². The topological polar surface area (TPSA) is 51.4 Å². The number of aromatic nitrogens is 2. The van der Waals surface area contributed by atoms with E-state index in [1.165, 1.54) is 0 Å². The first-order valence-corrected chi connectivity index (χ1v) is 9.17. The van der Waals surface area contributed by atoms with Gasteiger partial charge in [-0.25, -0.2) is 4.98 Å². The molecule has 28 heavy (non-hydrogen) atoms. The Labute approximate surface area is 159 Å². The maximum absolute atomic E-state index is 13.5. The Kier molecular flexibility index (Phi) is 2.80. The van der Waals surface area contributed by atoms with E-state index in [0.717, 1.165) is 38.0 Å². The minimum atomic E-state index is -0.112. The van der Waals surface area contributed by atoms with Gasteiger partial charge in [0.05, 0.1) is 11.0 Å². The van der Waals surface area contributed by atoms with Crippen LogP contribution in [0.2, 0.25) is 0 Å². The van der Waals surface area contributed by atoms with Crippen molar-refractivity contribution in [1.29, 1.82) is 0 Å². The van der Waals surface area contributed by atoms with E-state index in [1.807, 2.05) is 54.6 Å². The molecule has 4 nitrogen and oxygen atoms in total. The molecule has 4 heteroatoms. The number of carbonyl (C=O) groups excluding carboxylic acids is 1. The summed E-state index contributed by atoms with van der Waals surface area (Å²) in [6, 6.07) is 21.3. The summed E-state index contributed by atoms with van der Waals surface area (Å²) in [6.07, 6.45) is 0. The van der Waals surface area contributed by atoms with Crippen molar-refractivity contribution in [3.8, 4) is 0 Å². The zero-order valence-corrected chi connectivity index (χ0v) is 15.1. The van der Waals surface area contributed by atoms with E-state index in [9.17, 15) is 9.59 Å². The number of nitrogens with zero attached hydrogens (tertiary/aromatic N) is 2. The molecule has 4 aromatic carbocycles. The maximum atomic E-state index is 13.5. The van der Waals surface area contributed by atoms with E-state index in [1.54, 1.807) is 23.5 Å². The molecule has 6 aromatic rings. The largest absolute Gasteiger partial charge is 0.294 e. The molecule has 0 unspecified atom stereocenters. The molecule has 2 aromatic heterocycles. The van der Waals surface area contributed by atoms with Gasteiger partial charge in [-0.05, 0) is 42.0 Å². The van der Waals surface area contributed by atoms with Crippen LogP contribution in [0, 0.1) is 0 Å². The minimum Gasteiger partial charge on any atom is -0.294 e. The second kappa shape index (κ2) is 5.14. The van der Waals surface area contributed by atoms with Gasteiger partial charge in [-0.15, -0.1) is 0 Å². The molecule has 0 aliphatic heterocycles. The van der Waals surface area contributed by atoms with Crippen molar-refractivity contribution in [2.75, 3.05) is 0 Å². The lowest BCUT2D eigenvalue weighted by Crippen LogP contribution is -2.17. The van der Waals surface area contributed by atoms with Gasteiger partial charge in [0.1, 0.15) is 5.65 Å². The van der Waals surface area contributed by atoms with Crippen LogP contribution < -0.4 is 5.56 Å². The van der Waals surface area contributed by atoms with Gasteiger partial charge in [0.15, 0.2) is 5.78 Å². The van der Waals surface area contributed by atoms with Gasteiger partial charge < -0.3 is 0 Å². The van der Waals surface area contributed by atoms with Crippen molar-refractivity contribution in [3.63, 3.8) is 0 Å². The van der Waals surface area contributed by atoms with Crippen LogP contribution in [0.1, 0.15) is 17.3 Å². The van der Waals surface area contributed by atoms with E-state index >= 15 is 0 Å². The van der Waals surface area contributed by atoms with Crippen LogP contribution in [-0.4, -0.2) is 15.2 Å². The number of ketones is 1. The molecule has 0 aliphatic carbocycles. The predicted molar refractivity (Wildman–Crippen MR) is 113 cm³/mol. The number of Topliss-reactive ketones (excluding diaryl/α,β-unsaturated/α-hetero) is 1. The number of pyridine rings is 1. The summed E-state index contributed by atoms with van der Waals surface area (Å²) < 4.78 is 1.71. The van der Waals surface area contributed by atoms with E-state index < -0.39 is 0 Å². The van der Waals surface area contributed by atoms with Crippen LogP contribution in [0.5, 0.6) is 0 Å². The molecule has 0 saturated heterocycles. The first-order valence-electron chi connectivity index (χ1n) is 9.17. The van der Waals surface area contributed by atoms with E-state index in [4.69, 9.17) is 4.98 Å². The molecule has 0 amide bonds. The third-order valence-electron chi connectivity index (χ3n) is 5.63. The summed E-state index contributed by atoms with van der Waals surface area (Å²) in [4.78, 5) is 30.5. The van der Waals surface area contributed by atoms with Gasteiger partial charge in [-0.1, -0.05) is 42.5 Å². The highest BCUT2D eigenvalue weighted by molar-refractivity contribution is 6.21. The molecule has 0 saturated carbocycles. The van der Waals surface area contributed by atoms with Crippen molar-refractivity contribution < 1.29 is 4.79 Å². The molecular formula is C24H14N2O2. The Morgan fingerprint density at radius 1 is 0.821 bits per heavy atom. The van der Waals surface area contributed by atoms with Crippen molar-refractivity contribution in [2.24, 2.45) is 0 Å². The lowest BCUT2D eigenvalue weighted by Gasteiger charge is -2.15. The van der Waals surface area contributed by atoms with Crippen molar-refractivity contribution in [1.82, 2.24) is 9.38 Å². The Morgan fingerprint density at radius 2 is 1.57 bits per heavy atom. The number of hydrogen-bond donors (Lipinski definition) is 0. The van der Waals surface area contributed by atoms with Gasteiger partial charge in [0.25, 0.3) is 5.56 Å². The molecule has 0 radical (unpaired) electrons. The monoisotopic (exact) mass is 362 g/mol. The molecule has 0 fully saturated rings. The van der Waals surface area contributed by atoms with Gasteiger partial charge in [0.2, 0.25) is 0 Å². The lowest BCUT2D eigenvalue weighted by molar-refractivity contribution is 0.101. The van der Waals surface area contributed by atoms with Crippen LogP contribution in [0.3, 0.4) is 0 Å². The number of fused-ring (bicyclic) bond motifs is 3. The van der Waals surface area contributed by atoms with Crippen LogP contribution in [0.15, 0.2) is 71.5 Å². The van der Waals surface area contributed by atoms with Crippen LogP contribution in [-0.2, 0) is 0 Å². The first kappa shape index (κ1) is 15.3. The lowest BCUT2D eigenvalue weighted by atomic mass is 9.96. The fourth-order valence-electron chi connectivity index (χ4n) is 4.44. The molecule has 0 spiro atoms. The third kappa shape index (κ3) is 1.77. The van der Waals surface area contributed by atoms with Crippen LogP contribution in [0.25, 0.3) is 49.0 Å². The molecule has 132 valence electrons. The van der Waals surface area contributed by atoms with E-state index in [2.05, 4.69) is 0 Å². The summed E-state index contributed by atoms with van der Waals surface area (Å²) in [7, 11) is 0. The van der Waals surface area contributed by atoms with Crippen molar-refractivity contribution in [2.45, 2.75) is 6.92 Å². The summed E-state index contributed by atoms with van der Waals surface area (Å²) in [6.45, 7) is 1.55. The SMILES string of the molecule is CC(=O)c1ccc2c(=O)n3c4cccc5cccc(nc3c3cccc1c23)c54. The Bertz CT molecular complexity index is 1660. The van der Waals surface area contributed by atoms with Crippen molar-refractivity contribution in [3.05, 3.63) is 82.6 Å². The molecule has 0 N–H and O–H groups in total. The highest BCUT2D eigenvalue weighted by atomic mass is 16.1.